The van der Waals surface area contributed by atoms with Crippen molar-refractivity contribution < 1.29 is 31.5 Å². The van der Waals surface area contributed by atoms with E-state index in [2.05, 4.69) is 5.32 Å². The summed E-state index contributed by atoms with van der Waals surface area (Å²) in [7, 11) is 0. The van der Waals surface area contributed by atoms with Crippen molar-refractivity contribution in [2.24, 2.45) is 41.4 Å². The van der Waals surface area contributed by atoms with E-state index in [1.54, 1.807) is 0 Å². The summed E-state index contributed by atoms with van der Waals surface area (Å²) in [5.74, 6) is -4.04. The van der Waals surface area contributed by atoms with E-state index in [0.29, 0.717) is 43.8 Å². The van der Waals surface area contributed by atoms with Gasteiger partial charge in [0, 0.05) is 17.8 Å². The quantitative estimate of drug-likeness (QED) is 0.393. The van der Waals surface area contributed by atoms with E-state index in [0.717, 1.165) is 44.9 Å². The Hall–Kier alpha value is -1.05. The topological polar surface area (TPSA) is 46.2 Å². The number of carbonyl (C=O) groups is 2. The van der Waals surface area contributed by atoms with Gasteiger partial charge >= 0.3 is 6.18 Å². The Morgan fingerprint density at radius 2 is 1.45 bits per heavy atom. The second-order valence-electron chi connectivity index (χ2n) is 11.0. The Balaban J connectivity index is 1.68. The third-order valence-corrected chi connectivity index (χ3v) is 9.25. The Labute approximate surface area is 192 Å². The van der Waals surface area contributed by atoms with Gasteiger partial charge in [0.1, 0.15) is 18.1 Å². The molecule has 0 aromatic rings. The number of ketones is 1. The van der Waals surface area contributed by atoms with Crippen molar-refractivity contribution in [3.63, 3.8) is 0 Å². The molecule has 4 rings (SSSR count). The van der Waals surface area contributed by atoms with Crippen LogP contribution >= 0.6 is 0 Å². The molecule has 3 aliphatic carbocycles. The molecule has 8 atom stereocenters. The summed E-state index contributed by atoms with van der Waals surface area (Å²) in [4.78, 5) is 25.9. The number of alkyl halides is 5. The summed E-state index contributed by atoms with van der Waals surface area (Å²) in [6, 6.07) is -4.20. The standard InChI is InChI=1S/C25H36F5NO2/c26-24(27)21-18(13-32)19(15-7-2-1-3-8-15)20(23(31-21)25(28,29)30)22(33)17-11-10-14-6-4-5-9-16(14)12-17/h13-21,23-24,31H,1-12H2. The number of fused-ring (bicyclic) bond motifs is 1. The van der Waals surface area contributed by atoms with E-state index >= 15 is 0 Å². The molecular formula is C25H36F5NO2. The Bertz CT molecular complexity index is 693. The van der Waals surface area contributed by atoms with Gasteiger partial charge in [-0.1, -0.05) is 57.8 Å². The minimum atomic E-state index is -4.84. The van der Waals surface area contributed by atoms with Crippen LogP contribution in [0.5, 0.6) is 0 Å². The first-order chi connectivity index (χ1) is 15.7. The highest BCUT2D eigenvalue weighted by Gasteiger charge is 2.60. The molecule has 33 heavy (non-hydrogen) atoms. The lowest BCUT2D eigenvalue weighted by atomic mass is 9.58. The molecular weight excluding hydrogens is 441 g/mol. The minimum Gasteiger partial charge on any atom is -0.303 e. The fourth-order valence-corrected chi connectivity index (χ4v) is 7.72. The second kappa shape index (κ2) is 10.3. The molecule has 0 bridgehead atoms. The van der Waals surface area contributed by atoms with Gasteiger partial charge in [-0.15, -0.1) is 0 Å². The molecule has 0 radical (unpaired) electrons. The highest BCUT2D eigenvalue weighted by atomic mass is 19.4. The Kier molecular flexibility index (Phi) is 7.81. The van der Waals surface area contributed by atoms with Crippen LogP contribution < -0.4 is 5.32 Å². The molecule has 8 unspecified atom stereocenters. The molecule has 4 fully saturated rings. The highest BCUT2D eigenvalue weighted by Crippen LogP contribution is 2.50. The van der Waals surface area contributed by atoms with E-state index in [1.165, 1.54) is 6.42 Å². The molecule has 1 saturated heterocycles. The van der Waals surface area contributed by atoms with Crippen LogP contribution in [0.1, 0.15) is 77.0 Å². The Morgan fingerprint density at radius 1 is 0.848 bits per heavy atom. The molecule has 0 aromatic carbocycles. The molecule has 188 valence electrons. The van der Waals surface area contributed by atoms with E-state index < -0.39 is 54.1 Å². The molecule has 3 saturated carbocycles. The van der Waals surface area contributed by atoms with Crippen molar-refractivity contribution in [1.29, 1.82) is 0 Å². The van der Waals surface area contributed by atoms with E-state index in [1.807, 2.05) is 0 Å². The lowest BCUT2D eigenvalue weighted by Crippen LogP contribution is -2.67. The van der Waals surface area contributed by atoms with Crippen molar-refractivity contribution in [1.82, 2.24) is 5.32 Å². The summed E-state index contributed by atoms with van der Waals surface area (Å²) in [6.45, 7) is 0. The summed E-state index contributed by atoms with van der Waals surface area (Å²) < 4.78 is 70.5. The smallest absolute Gasteiger partial charge is 0.303 e. The minimum absolute atomic E-state index is 0.304. The van der Waals surface area contributed by atoms with Gasteiger partial charge in [0.25, 0.3) is 6.43 Å². The first kappa shape index (κ1) is 25.1. The fraction of sp³-hybridized carbons (Fsp3) is 0.920. The van der Waals surface area contributed by atoms with Crippen molar-refractivity contribution >= 4 is 12.1 Å². The summed E-state index contributed by atoms with van der Waals surface area (Å²) in [5, 5.41) is 2.06. The number of carbonyl (C=O) groups excluding carboxylic acids is 2. The number of aldehydes is 1. The first-order valence-electron chi connectivity index (χ1n) is 12.8. The maximum atomic E-state index is 14.2. The van der Waals surface area contributed by atoms with Crippen molar-refractivity contribution in [2.45, 2.75) is 102 Å². The van der Waals surface area contributed by atoms with Crippen LogP contribution in [0.25, 0.3) is 0 Å². The van der Waals surface area contributed by atoms with Gasteiger partial charge in [-0.3, -0.25) is 10.1 Å². The molecule has 0 spiro atoms. The largest absolute Gasteiger partial charge is 0.404 e. The third-order valence-electron chi connectivity index (χ3n) is 9.25. The molecule has 3 nitrogen and oxygen atoms in total. The van der Waals surface area contributed by atoms with Gasteiger partial charge < -0.3 is 4.79 Å². The number of piperidine rings is 1. The molecule has 0 amide bonds. The van der Waals surface area contributed by atoms with Crippen LogP contribution in [0.3, 0.4) is 0 Å². The number of hydrogen-bond acceptors (Lipinski definition) is 3. The maximum Gasteiger partial charge on any atom is 0.404 e. The first-order valence-corrected chi connectivity index (χ1v) is 12.8. The lowest BCUT2D eigenvalue weighted by molar-refractivity contribution is -0.200. The summed E-state index contributed by atoms with van der Waals surface area (Å²) in [5.41, 5.74) is 0. The number of Topliss-reactive ketones (excluding diaryl/α,β-unsaturated/α-hetero) is 1. The molecule has 1 N–H and O–H groups in total. The van der Waals surface area contributed by atoms with Crippen LogP contribution in [0.4, 0.5) is 22.0 Å². The average molecular weight is 478 g/mol. The molecule has 4 aliphatic rings. The zero-order chi connectivity index (χ0) is 23.8. The Morgan fingerprint density at radius 3 is 2.06 bits per heavy atom. The van der Waals surface area contributed by atoms with Gasteiger partial charge in [-0.25, -0.2) is 8.78 Å². The number of rotatable bonds is 5. The van der Waals surface area contributed by atoms with Crippen molar-refractivity contribution in [2.75, 3.05) is 0 Å². The van der Waals surface area contributed by atoms with Crippen LogP contribution in [0, 0.1) is 41.4 Å². The number of hydrogen-bond donors (Lipinski definition) is 1. The van der Waals surface area contributed by atoms with Gasteiger partial charge in [0.05, 0.1) is 6.04 Å². The zero-order valence-corrected chi connectivity index (χ0v) is 19.0. The monoisotopic (exact) mass is 477 g/mol. The number of halogens is 5. The van der Waals surface area contributed by atoms with Crippen LogP contribution in [-0.2, 0) is 9.59 Å². The van der Waals surface area contributed by atoms with Gasteiger partial charge in [-0.05, 0) is 42.9 Å². The molecule has 8 heteroatoms. The van der Waals surface area contributed by atoms with Crippen LogP contribution in [0.15, 0.2) is 0 Å². The predicted molar refractivity (Wildman–Crippen MR) is 114 cm³/mol. The van der Waals surface area contributed by atoms with Crippen LogP contribution in [-0.4, -0.2) is 36.8 Å². The van der Waals surface area contributed by atoms with Gasteiger partial charge in [0.15, 0.2) is 0 Å². The number of nitrogens with one attached hydrogen (secondary N) is 1. The SMILES string of the molecule is O=CC1C(C(F)F)NC(C(F)(F)F)C(C(=O)C2CCC3CCCCC3C2)C1C1CCCCC1. The third kappa shape index (κ3) is 5.15. The summed E-state index contributed by atoms with van der Waals surface area (Å²) in [6.07, 6.45) is 2.59. The van der Waals surface area contributed by atoms with Gasteiger partial charge in [0.2, 0.25) is 0 Å². The normalized spacial score (nSPS) is 40.9. The van der Waals surface area contributed by atoms with Crippen LogP contribution in [0.2, 0.25) is 0 Å². The van der Waals surface area contributed by atoms with Gasteiger partial charge in [-0.2, -0.15) is 13.2 Å². The van der Waals surface area contributed by atoms with E-state index in [4.69, 9.17) is 0 Å². The van der Waals surface area contributed by atoms with E-state index in [-0.39, 0.29) is 5.92 Å². The zero-order valence-electron chi connectivity index (χ0n) is 19.0. The summed E-state index contributed by atoms with van der Waals surface area (Å²) >= 11 is 0. The predicted octanol–water partition coefficient (Wildman–Crippen LogP) is 5.96. The van der Waals surface area contributed by atoms with E-state index in [9.17, 15) is 31.5 Å². The fourth-order valence-electron chi connectivity index (χ4n) is 7.72. The van der Waals surface area contributed by atoms with Crippen molar-refractivity contribution in [3.05, 3.63) is 0 Å². The lowest BCUT2D eigenvalue weighted by Gasteiger charge is -2.50. The second-order valence-corrected chi connectivity index (χ2v) is 11.0. The molecule has 0 aromatic heterocycles. The van der Waals surface area contributed by atoms with Crippen molar-refractivity contribution in [3.8, 4) is 0 Å². The molecule has 1 aliphatic heterocycles. The highest BCUT2D eigenvalue weighted by molar-refractivity contribution is 5.85. The average Bonchev–Trinajstić information content (AvgIpc) is 2.81. The molecule has 1 heterocycles. The maximum absolute atomic E-state index is 14.2.